The van der Waals surface area contributed by atoms with Crippen molar-refractivity contribution in [3.63, 3.8) is 0 Å². The van der Waals surface area contributed by atoms with Crippen LogP contribution in [-0.4, -0.2) is 34.4 Å². The molecule has 2 aliphatic heterocycles. The number of aryl methyl sites for hydroxylation is 2. The van der Waals surface area contributed by atoms with Gasteiger partial charge in [-0.05, 0) is 37.5 Å². The summed E-state index contributed by atoms with van der Waals surface area (Å²) in [5.74, 6) is 0.0271. The summed E-state index contributed by atoms with van der Waals surface area (Å²) in [7, 11) is 0. The summed E-state index contributed by atoms with van der Waals surface area (Å²) in [6.45, 7) is 7.76. The molecule has 5 nitrogen and oxygen atoms in total. The molecule has 1 unspecified atom stereocenters. The summed E-state index contributed by atoms with van der Waals surface area (Å²) in [5, 5.41) is 4.31. The molecule has 2 aliphatic rings. The molecule has 2 N–H and O–H groups in total. The summed E-state index contributed by atoms with van der Waals surface area (Å²) in [6.07, 6.45) is 4.41. The predicted molar refractivity (Wildman–Crippen MR) is 106 cm³/mol. The fraction of sp³-hybridized carbons (Fsp3) is 0.400. The summed E-state index contributed by atoms with van der Waals surface area (Å²) in [6, 6.07) is 4.41. The van der Waals surface area contributed by atoms with Gasteiger partial charge in [-0.25, -0.2) is 4.79 Å². The minimum absolute atomic E-state index is 0.0271. The maximum absolute atomic E-state index is 12.5. The van der Waals surface area contributed by atoms with Crippen molar-refractivity contribution in [2.75, 3.05) is 13.1 Å². The van der Waals surface area contributed by atoms with E-state index in [4.69, 9.17) is 16.6 Å². The van der Waals surface area contributed by atoms with Crippen molar-refractivity contribution in [3.8, 4) is 0 Å². The van der Waals surface area contributed by atoms with Crippen molar-refractivity contribution >= 4 is 23.0 Å². The third-order valence-electron chi connectivity index (χ3n) is 5.40. The zero-order valence-corrected chi connectivity index (χ0v) is 16.0. The number of aromatic nitrogens is 2. The van der Waals surface area contributed by atoms with E-state index in [0.29, 0.717) is 6.54 Å². The molecule has 4 rings (SSSR count). The average Bonchev–Trinajstić information content (AvgIpc) is 3.04. The number of imidazole rings is 1. The Morgan fingerprint density at radius 2 is 2.00 bits per heavy atom. The fourth-order valence-electron chi connectivity index (χ4n) is 4.15. The lowest BCUT2D eigenvalue weighted by molar-refractivity contribution is 0.592. The van der Waals surface area contributed by atoms with Crippen molar-refractivity contribution in [1.29, 1.82) is 0 Å². The third kappa shape index (κ3) is 2.75. The highest BCUT2D eigenvalue weighted by molar-refractivity contribution is 6.32. The normalized spacial score (nSPS) is 23.0. The maximum Gasteiger partial charge on any atom is 0.329 e. The van der Waals surface area contributed by atoms with Crippen LogP contribution in [0.2, 0.25) is 5.02 Å². The third-order valence-corrected chi connectivity index (χ3v) is 5.99. The van der Waals surface area contributed by atoms with Gasteiger partial charge in [-0.2, -0.15) is 0 Å². The summed E-state index contributed by atoms with van der Waals surface area (Å²) in [5.41, 5.74) is 6.45. The smallest absolute Gasteiger partial charge is 0.312 e. The van der Waals surface area contributed by atoms with Crippen LogP contribution in [0.3, 0.4) is 0 Å². The molecule has 6 heteroatoms. The highest BCUT2D eigenvalue weighted by atomic mass is 35.5. The lowest BCUT2D eigenvalue weighted by Crippen LogP contribution is -2.42. The highest BCUT2D eigenvalue weighted by Crippen LogP contribution is 2.38. The van der Waals surface area contributed by atoms with Gasteiger partial charge >= 0.3 is 5.69 Å². The zero-order valence-electron chi connectivity index (χ0n) is 15.3. The molecule has 1 fully saturated rings. The van der Waals surface area contributed by atoms with E-state index in [-0.39, 0.29) is 17.6 Å². The van der Waals surface area contributed by atoms with Crippen molar-refractivity contribution in [2.45, 2.75) is 39.2 Å². The molecule has 0 spiro atoms. The molecule has 3 heterocycles. The molecule has 2 atom stereocenters. The van der Waals surface area contributed by atoms with Gasteiger partial charge in [0.25, 0.3) is 0 Å². The molecule has 2 aromatic rings. The van der Waals surface area contributed by atoms with Crippen LogP contribution in [0, 0.1) is 13.8 Å². The number of nitrogens with zero attached hydrogens (tertiary/aromatic N) is 2. The standard InChI is InChI=1S/C20H23ClN4O/c1-11-8-14(9-12(2)18(11)21)15-10-24-16-4-5-22-13(3)17(16)19(15)25-7-6-23-20(25)26/h6-9,13,15,22H,4-5,10H2,1-3H3,(H,23,26)/t13-,15?/m0/s1. The monoisotopic (exact) mass is 370 g/mol. The number of dihydropyridines is 1. The Hall–Kier alpha value is -2.11. The van der Waals surface area contributed by atoms with Crippen LogP contribution in [0.15, 0.2) is 39.9 Å². The predicted octanol–water partition coefficient (Wildman–Crippen LogP) is 3.28. The first-order chi connectivity index (χ1) is 12.5. The van der Waals surface area contributed by atoms with Crippen LogP contribution in [0.5, 0.6) is 0 Å². The number of nitrogens with one attached hydrogen (secondary N) is 2. The van der Waals surface area contributed by atoms with Gasteiger partial charge in [0.05, 0.1) is 6.54 Å². The Bertz CT molecular complexity index is 959. The van der Waals surface area contributed by atoms with Gasteiger partial charge in [0, 0.05) is 59.3 Å². The van der Waals surface area contributed by atoms with Crippen LogP contribution in [0.1, 0.15) is 36.0 Å². The Balaban J connectivity index is 1.94. The van der Waals surface area contributed by atoms with Gasteiger partial charge in [-0.1, -0.05) is 23.7 Å². The van der Waals surface area contributed by atoms with E-state index in [0.717, 1.165) is 51.7 Å². The largest absolute Gasteiger partial charge is 0.329 e. The van der Waals surface area contributed by atoms with Crippen molar-refractivity contribution in [3.05, 3.63) is 62.3 Å². The van der Waals surface area contributed by atoms with E-state index < -0.39 is 0 Å². The van der Waals surface area contributed by atoms with E-state index in [1.807, 2.05) is 20.0 Å². The Morgan fingerprint density at radius 1 is 1.27 bits per heavy atom. The minimum atomic E-state index is -0.112. The van der Waals surface area contributed by atoms with Crippen LogP contribution in [0.4, 0.5) is 0 Å². The van der Waals surface area contributed by atoms with Gasteiger partial charge in [-0.3, -0.25) is 9.56 Å². The van der Waals surface area contributed by atoms with Crippen LogP contribution in [-0.2, 0) is 0 Å². The van der Waals surface area contributed by atoms with Crippen molar-refractivity contribution < 1.29 is 0 Å². The molecular weight excluding hydrogens is 348 g/mol. The Labute approximate surface area is 157 Å². The Kier molecular flexibility index (Phi) is 4.37. The van der Waals surface area contributed by atoms with Gasteiger partial charge in [0.2, 0.25) is 0 Å². The second kappa shape index (κ2) is 6.56. The minimum Gasteiger partial charge on any atom is -0.312 e. The van der Waals surface area contributed by atoms with Gasteiger partial charge < -0.3 is 10.3 Å². The van der Waals surface area contributed by atoms with E-state index in [9.17, 15) is 4.79 Å². The number of aliphatic imine (C=N–C) groups is 1. The first-order valence-electron chi connectivity index (χ1n) is 9.01. The van der Waals surface area contributed by atoms with Crippen LogP contribution < -0.4 is 11.0 Å². The van der Waals surface area contributed by atoms with Gasteiger partial charge in [0.15, 0.2) is 0 Å². The van der Waals surface area contributed by atoms with E-state index in [2.05, 4.69) is 29.4 Å². The molecule has 0 aliphatic carbocycles. The molecule has 0 amide bonds. The number of fused-ring (bicyclic) bond motifs is 1. The topological polar surface area (TPSA) is 62.2 Å². The SMILES string of the molecule is Cc1cc(C2CN=C3CCN[C@@H](C)C3=C2n2cc[nH]c2=O)cc(C)c1Cl. The molecular formula is C20H23ClN4O. The van der Waals surface area contributed by atoms with Crippen molar-refractivity contribution in [1.82, 2.24) is 14.9 Å². The number of hydrogen-bond donors (Lipinski definition) is 2. The summed E-state index contributed by atoms with van der Waals surface area (Å²) in [4.78, 5) is 20.1. The molecule has 26 heavy (non-hydrogen) atoms. The molecule has 0 bridgehead atoms. The number of aromatic amines is 1. The number of hydrogen-bond acceptors (Lipinski definition) is 3. The molecule has 0 radical (unpaired) electrons. The van der Waals surface area contributed by atoms with Gasteiger partial charge in [0.1, 0.15) is 0 Å². The summed E-state index contributed by atoms with van der Waals surface area (Å²) < 4.78 is 1.75. The lowest BCUT2D eigenvalue weighted by Gasteiger charge is -2.35. The quantitative estimate of drug-likeness (QED) is 0.852. The number of benzene rings is 1. The van der Waals surface area contributed by atoms with E-state index in [1.165, 1.54) is 0 Å². The second-order valence-corrected chi connectivity index (χ2v) is 7.55. The lowest BCUT2D eigenvalue weighted by atomic mass is 9.83. The molecule has 1 aromatic carbocycles. The molecule has 1 saturated heterocycles. The van der Waals surface area contributed by atoms with E-state index in [1.54, 1.807) is 10.8 Å². The number of rotatable bonds is 2. The summed E-state index contributed by atoms with van der Waals surface area (Å²) >= 11 is 6.37. The van der Waals surface area contributed by atoms with E-state index >= 15 is 0 Å². The molecule has 136 valence electrons. The zero-order chi connectivity index (χ0) is 18.4. The first kappa shape index (κ1) is 17.3. The number of H-pyrrole nitrogens is 1. The Morgan fingerprint density at radius 3 is 2.65 bits per heavy atom. The van der Waals surface area contributed by atoms with Crippen LogP contribution >= 0.6 is 11.6 Å². The highest BCUT2D eigenvalue weighted by Gasteiger charge is 2.33. The molecule has 1 aromatic heterocycles. The van der Waals surface area contributed by atoms with Gasteiger partial charge in [-0.15, -0.1) is 0 Å². The fourth-order valence-corrected chi connectivity index (χ4v) is 4.26. The van der Waals surface area contributed by atoms with Crippen LogP contribution in [0.25, 0.3) is 5.70 Å². The number of piperidine rings is 1. The second-order valence-electron chi connectivity index (χ2n) is 7.17. The molecule has 0 saturated carbocycles. The average molecular weight is 371 g/mol. The number of halogens is 1. The van der Waals surface area contributed by atoms with Crippen molar-refractivity contribution in [2.24, 2.45) is 4.99 Å². The maximum atomic E-state index is 12.5. The first-order valence-corrected chi connectivity index (χ1v) is 9.39.